The van der Waals surface area contributed by atoms with Gasteiger partial charge in [-0.3, -0.25) is 37.0 Å². The molecule has 0 aliphatic carbocycles. The molecule has 0 amide bonds. The molecular formula is C21H22N10O13P2. The third-order valence-electron chi connectivity index (χ3n) is 7.40. The van der Waals surface area contributed by atoms with Crippen LogP contribution in [0, 0.1) is 11.3 Å². The molecule has 4 aromatic rings. The highest BCUT2D eigenvalue weighted by atomic mass is 31.2. The summed E-state index contributed by atoms with van der Waals surface area (Å²) >= 11 is 0. The first kappa shape index (κ1) is 30.9. The molecule has 7 heterocycles. The summed E-state index contributed by atoms with van der Waals surface area (Å²) < 4.78 is 61.0. The van der Waals surface area contributed by atoms with E-state index in [1.807, 2.05) is 6.07 Å². The number of nitrogen functional groups attached to an aromatic ring is 1. The van der Waals surface area contributed by atoms with Gasteiger partial charge in [-0.25, -0.2) is 29.1 Å². The molecule has 0 spiro atoms. The SMILES string of the molecule is N#Cc1ncnc2c1ncn2[C@@H]1O[C@@H]2COP(=O)(O)O[C@@H]3[C@H](O)[C@@H](COP(=O)(O)O[C@H]2[C@H]1O)O[C@H]3n1cnc2c(=O)[nH]c(N)nc21. The molecule has 3 fully saturated rings. The van der Waals surface area contributed by atoms with Crippen LogP contribution >= 0.6 is 15.6 Å². The molecule has 0 aromatic carbocycles. The topological polar surface area (TPSA) is 327 Å². The molecule has 46 heavy (non-hydrogen) atoms. The van der Waals surface area contributed by atoms with Gasteiger partial charge in [0.15, 0.2) is 35.0 Å². The Kier molecular flexibility index (Phi) is 7.52. The molecule has 10 atom stereocenters. The second kappa shape index (κ2) is 11.2. The van der Waals surface area contributed by atoms with Gasteiger partial charge in [-0.15, -0.1) is 0 Å². The van der Waals surface area contributed by atoms with Gasteiger partial charge in [0.1, 0.15) is 54.5 Å². The lowest BCUT2D eigenvalue weighted by Gasteiger charge is -2.25. The summed E-state index contributed by atoms with van der Waals surface area (Å²) in [4.78, 5) is 55.7. The molecule has 3 aliphatic rings. The maximum absolute atomic E-state index is 13.2. The van der Waals surface area contributed by atoms with Gasteiger partial charge >= 0.3 is 15.6 Å². The number of aromatic amines is 1. The summed E-state index contributed by atoms with van der Waals surface area (Å²) in [7, 11) is -10.2. The van der Waals surface area contributed by atoms with E-state index in [4.69, 9.17) is 33.3 Å². The van der Waals surface area contributed by atoms with Gasteiger partial charge in [0.25, 0.3) is 5.56 Å². The first-order valence-electron chi connectivity index (χ1n) is 13.1. The molecular weight excluding hydrogens is 662 g/mol. The third kappa shape index (κ3) is 5.29. The number of hydrogen-bond donors (Lipinski definition) is 6. The molecule has 0 saturated carbocycles. The van der Waals surface area contributed by atoms with Crippen LogP contribution in [0.3, 0.4) is 0 Å². The number of H-pyrrole nitrogens is 1. The van der Waals surface area contributed by atoms with E-state index in [1.165, 1.54) is 10.9 Å². The van der Waals surface area contributed by atoms with E-state index < -0.39 is 83.5 Å². The van der Waals surface area contributed by atoms with Crippen molar-refractivity contribution in [3.05, 3.63) is 35.0 Å². The lowest BCUT2D eigenvalue weighted by Crippen LogP contribution is -2.36. The zero-order valence-corrected chi connectivity index (χ0v) is 24.6. The van der Waals surface area contributed by atoms with Gasteiger partial charge < -0.3 is 35.2 Å². The van der Waals surface area contributed by atoms with Crippen molar-refractivity contribution >= 4 is 43.9 Å². The molecule has 7 rings (SSSR count). The molecule has 25 heteroatoms. The van der Waals surface area contributed by atoms with E-state index in [1.54, 1.807) is 0 Å². The Morgan fingerprint density at radius 2 is 1.52 bits per heavy atom. The van der Waals surface area contributed by atoms with E-state index in [2.05, 4.69) is 29.9 Å². The lowest BCUT2D eigenvalue weighted by atomic mass is 10.1. The Bertz CT molecular complexity index is 2030. The molecule has 0 radical (unpaired) electrons. The van der Waals surface area contributed by atoms with Crippen molar-refractivity contribution in [3.8, 4) is 6.07 Å². The normalized spacial score (nSPS) is 36.9. The monoisotopic (exact) mass is 684 g/mol. The van der Waals surface area contributed by atoms with Crippen LogP contribution < -0.4 is 11.3 Å². The van der Waals surface area contributed by atoms with Gasteiger partial charge in [-0.1, -0.05) is 0 Å². The number of hydrogen-bond acceptors (Lipinski definition) is 18. The average molecular weight is 684 g/mol. The fourth-order valence-corrected chi connectivity index (χ4v) is 7.26. The summed E-state index contributed by atoms with van der Waals surface area (Å²) in [6, 6.07) is 1.85. The predicted octanol–water partition coefficient (Wildman–Crippen LogP) is -2.05. The van der Waals surface area contributed by atoms with Crippen LogP contribution in [0.2, 0.25) is 0 Å². The number of aromatic nitrogens is 8. The van der Waals surface area contributed by atoms with E-state index in [0.717, 1.165) is 17.2 Å². The average Bonchev–Trinajstić information content (AvgIpc) is 3.76. The summed E-state index contributed by atoms with van der Waals surface area (Å²) in [5, 5.41) is 31.5. The maximum atomic E-state index is 13.2. The smallest absolute Gasteiger partial charge is 0.387 e. The van der Waals surface area contributed by atoms with Gasteiger partial charge in [-0.05, 0) is 0 Å². The fraction of sp³-hybridized carbons (Fsp3) is 0.476. The van der Waals surface area contributed by atoms with Crippen LogP contribution in [0.1, 0.15) is 18.1 Å². The van der Waals surface area contributed by atoms with Crippen LogP contribution in [-0.4, -0.2) is 109 Å². The van der Waals surface area contributed by atoms with Crippen molar-refractivity contribution in [2.45, 2.75) is 49.1 Å². The molecule has 7 N–H and O–H groups in total. The highest BCUT2D eigenvalue weighted by molar-refractivity contribution is 7.47. The fourth-order valence-electron chi connectivity index (χ4n) is 5.36. The first-order chi connectivity index (χ1) is 21.9. The van der Waals surface area contributed by atoms with Crippen molar-refractivity contribution in [1.29, 1.82) is 5.26 Å². The minimum atomic E-state index is -5.14. The highest BCUT2D eigenvalue weighted by Gasteiger charge is 2.54. The summed E-state index contributed by atoms with van der Waals surface area (Å²) in [5.41, 5.74) is 4.68. The number of aliphatic hydroxyl groups excluding tert-OH is 2. The number of rotatable bonds is 2. The van der Waals surface area contributed by atoms with Crippen LogP contribution in [0.25, 0.3) is 22.3 Å². The van der Waals surface area contributed by atoms with Gasteiger partial charge in [0, 0.05) is 0 Å². The quantitative estimate of drug-likeness (QED) is 0.124. The molecule has 23 nitrogen and oxygen atoms in total. The molecule has 2 unspecified atom stereocenters. The van der Waals surface area contributed by atoms with Crippen molar-refractivity contribution in [3.63, 3.8) is 0 Å². The number of phosphoric ester groups is 2. The molecule has 3 aliphatic heterocycles. The molecule has 2 bridgehead atoms. The lowest BCUT2D eigenvalue weighted by molar-refractivity contribution is -0.0672. The number of anilines is 1. The minimum Gasteiger partial charge on any atom is -0.387 e. The zero-order valence-electron chi connectivity index (χ0n) is 22.8. The van der Waals surface area contributed by atoms with Gasteiger partial charge in [0.05, 0.1) is 25.9 Å². The Morgan fingerprint density at radius 1 is 0.891 bits per heavy atom. The number of nitrogens with two attached hydrogens (primary N) is 1. The Balaban J connectivity index is 1.21. The number of fused-ring (bicyclic) bond motifs is 5. The molecule has 244 valence electrons. The van der Waals surface area contributed by atoms with Gasteiger partial charge in [0.2, 0.25) is 5.95 Å². The van der Waals surface area contributed by atoms with Crippen molar-refractivity contribution in [2.24, 2.45) is 0 Å². The van der Waals surface area contributed by atoms with E-state index in [0.29, 0.717) is 0 Å². The minimum absolute atomic E-state index is 0.0592. The molecule has 4 aromatic heterocycles. The summed E-state index contributed by atoms with van der Waals surface area (Å²) in [5.74, 6) is -0.292. The Labute approximate surface area is 254 Å². The standard InChI is InChI=1S/C21H22N10O13P2/c22-1-7-10-16(25-4-24-7)30(5-26-10)19-13(33)14-9(42-19)3-40-46(37,38)44-15-12(32)8(2-39-45(35,36)43-14)41-20(15)31-6-27-11-17(31)28-21(23)29-18(11)34/h4-6,8-9,12-15,19-20,32-33H,2-3H2,(H,35,36)(H,37,38)(H3,23,28,29,34)/t8-,9-,12-,13-,14-,15-,19-,20-/m1/s1. The number of nitriles is 1. The van der Waals surface area contributed by atoms with Crippen LogP contribution in [0.4, 0.5) is 5.95 Å². The molecule has 3 saturated heterocycles. The summed E-state index contributed by atoms with van der Waals surface area (Å²) in [6.45, 7) is -1.70. The van der Waals surface area contributed by atoms with E-state index in [-0.39, 0.29) is 34.0 Å². The van der Waals surface area contributed by atoms with Crippen LogP contribution in [0.5, 0.6) is 0 Å². The van der Waals surface area contributed by atoms with Crippen LogP contribution in [0.15, 0.2) is 23.8 Å². The second-order valence-corrected chi connectivity index (χ2v) is 13.0. The zero-order chi connectivity index (χ0) is 32.5. The number of ether oxygens (including phenoxy) is 2. The second-order valence-electron chi connectivity index (χ2n) is 10.2. The van der Waals surface area contributed by atoms with Crippen molar-refractivity contribution in [2.75, 3.05) is 18.9 Å². The number of aliphatic hydroxyl groups is 2. The summed E-state index contributed by atoms with van der Waals surface area (Å²) in [6.07, 6.45) is -9.56. The van der Waals surface area contributed by atoms with Crippen LogP contribution in [-0.2, 0) is 36.7 Å². The van der Waals surface area contributed by atoms with Crippen molar-refractivity contribution in [1.82, 2.24) is 39.0 Å². The number of nitrogens with one attached hydrogen (secondary N) is 1. The first-order valence-corrected chi connectivity index (χ1v) is 16.1. The largest absolute Gasteiger partial charge is 0.472 e. The number of phosphoric acid groups is 2. The number of imidazole rings is 2. The predicted molar refractivity (Wildman–Crippen MR) is 144 cm³/mol. The maximum Gasteiger partial charge on any atom is 0.472 e. The third-order valence-corrected chi connectivity index (χ3v) is 9.37. The Hall–Kier alpha value is -3.75. The highest BCUT2D eigenvalue weighted by Crippen LogP contribution is 2.53. The number of nitrogens with zero attached hydrogens (tertiary/aromatic N) is 8. The van der Waals surface area contributed by atoms with Crippen molar-refractivity contribution < 1.29 is 56.7 Å². The Morgan fingerprint density at radius 3 is 2.24 bits per heavy atom. The van der Waals surface area contributed by atoms with E-state index >= 15 is 0 Å². The van der Waals surface area contributed by atoms with Gasteiger partial charge in [-0.2, -0.15) is 10.2 Å². The van der Waals surface area contributed by atoms with E-state index in [9.17, 15) is 39.2 Å².